The fourth-order valence-electron chi connectivity index (χ4n) is 2.71. The van der Waals surface area contributed by atoms with E-state index in [-0.39, 0.29) is 24.4 Å². The topological polar surface area (TPSA) is 96.5 Å². The number of esters is 1. The lowest BCUT2D eigenvalue weighted by molar-refractivity contribution is -0.141. The van der Waals surface area contributed by atoms with E-state index in [4.69, 9.17) is 4.74 Å². The molecular weight excluding hydrogens is 370 g/mol. The number of methoxy groups -OCH3 is 1. The van der Waals surface area contributed by atoms with Gasteiger partial charge in [-0.15, -0.1) is 0 Å². The molecule has 154 valence electrons. The highest BCUT2D eigenvalue weighted by molar-refractivity contribution is 5.97. The molecule has 7 nitrogen and oxygen atoms in total. The molecular formula is C22H27N3O4. The zero-order chi connectivity index (χ0) is 21.4. The Hall–Kier alpha value is -3.35. The second-order valence-corrected chi connectivity index (χ2v) is 7.05. The predicted molar refractivity (Wildman–Crippen MR) is 112 cm³/mol. The van der Waals surface area contributed by atoms with E-state index in [0.717, 1.165) is 11.1 Å². The molecule has 0 spiro atoms. The number of ether oxygens (including phenoxy) is 1. The first-order chi connectivity index (χ1) is 13.8. The van der Waals surface area contributed by atoms with Gasteiger partial charge in [0, 0.05) is 17.3 Å². The normalized spacial score (nSPS) is 11.5. The summed E-state index contributed by atoms with van der Waals surface area (Å²) in [5, 5.41) is 8.30. The number of nitrogens with one attached hydrogen (secondary N) is 3. The highest BCUT2D eigenvalue weighted by atomic mass is 16.5. The van der Waals surface area contributed by atoms with Crippen molar-refractivity contribution in [1.29, 1.82) is 0 Å². The van der Waals surface area contributed by atoms with Crippen molar-refractivity contribution in [3.05, 3.63) is 65.2 Å². The first kappa shape index (κ1) is 21.9. The van der Waals surface area contributed by atoms with Crippen LogP contribution in [0.25, 0.3) is 0 Å². The van der Waals surface area contributed by atoms with Crippen molar-refractivity contribution in [3.8, 4) is 0 Å². The lowest BCUT2D eigenvalue weighted by Crippen LogP contribution is -2.34. The largest absolute Gasteiger partial charge is 0.469 e. The summed E-state index contributed by atoms with van der Waals surface area (Å²) in [4.78, 5) is 36.5. The molecule has 0 heterocycles. The molecule has 0 bridgehead atoms. The van der Waals surface area contributed by atoms with Crippen LogP contribution in [-0.4, -0.2) is 31.1 Å². The average molecular weight is 397 g/mol. The Morgan fingerprint density at radius 1 is 1.00 bits per heavy atom. The van der Waals surface area contributed by atoms with Crippen LogP contribution >= 0.6 is 0 Å². The molecule has 0 aliphatic carbocycles. The van der Waals surface area contributed by atoms with Crippen molar-refractivity contribution < 1.29 is 19.1 Å². The van der Waals surface area contributed by atoms with Crippen LogP contribution in [0.2, 0.25) is 0 Å². The minimum atomic E-state index is -0.531. The van der Waals surface area contributed by atoms with Crippen molar-refractivity contribution in [2.24, 2.45) is 0 Å². The fourth-order valence-corrected chi connectivity index (χ4v) is 2.71. The van der Waals surface area contributed by atoms with Gasteiger partial charge in [-0.3, -0.25) is 9.59 Å². The van der Waals surface area contributed by atoms with Crippen LogP contribution in [0.3, 0.4) is 0 Å². The number of carbonyl (C=O) groups excluding carboxylic acids is 3. The third kappa shape index (κ3) is 6.95. The summed E-state index contributed by atoms with van der Waals surface area (Å²) in [6.07, 6.45) is 0.0139. The van der Waals surface area contributed by atoms with Gasteiger partial charge in [0.05, 0.1) is 19.6 Å². The van der Waals surface area contributed by atoms with Crippen LogP contribution in [0.1, 0.15) is 47.8 Å². The van der Waals surface area contributed by atoms with Crippen molar-refractivity contribution >= 4 is 23.6 Å². The monoisotopic (exact) mass is 397 g/mol. The first-order valence-corrected chi connectivity index (χ1v) is 9.40. The van der Waals surface area contributed by atoms with Gasteiger partial charge in [0.15, 0.2) is 0 Å². The first-order valence-electron chi connectivity index (χ1n) is 9.40. The Labute approximate surface area is 170 Å². The molecule has 0 saturated carbocycles. The molecule has 7 heteroatoms. The Kier molecular flexibility index (Phi) is 7.77. The van der Waals surface area contributed by atoms with E-state index in [1.54, 1.807) is 24.3 Å². The van der Waals surface area contributed by atoms with E-state index >= 15 is 0 Å². The Morgan fingerprint density at radius 3 is 2.31 bits per heavy atom. The summed E-state index contributed by atoms with van der Waals surface area (Å²) in [5.41, 5.74) is 2.75. The fraction of sp³-hybridized carbons (Fsp3) is 0.318. The van der Waals surface area contributed by atoms with Crippen LogP contribution in [0, 0.1) is 6.92 Å². The number of hydrogen-bond donors (Lipinski definition) is 3. The van der Waals surface area contributed by atoms with E-state index in [9.17, 15) is 14.4 Å². The number of urea groups is 1. The summed E-state index contributed by atoms with van der Waals surface area (Å²) in [6, 6.07) is 13.3. The van der Waals surface area contributed by atoms with Gasteiger partial charge in [-0.2, -0.15) is 0 Å². The molecule has 2 rings (SSSR count). The zero-order valence-corrected chi connectivity index (χ0v) is 17.1. The summed E-state index contributed by atoms with van der Waals surface area (Å²) in [6.45, 7) is 5.68. The molecule has 0 radical (unpaired) electrons. The second-order valence-electron chi connectivity index (χ2n) is 7.05. The van der Waals surface area contributed by atoms with Crippen LogP contribution in [-0.2, 0) is 9.53 Å². The number of carbonyl (C=O) groups is 3. The average Bonchev–Trinajstić information content (AvgIpc) is 2.67. The van der Waals surface area contributed by atoms with Crippen molar-refractivity contribution in [1.82, 2.24) is 10.6 Å². The minimum Gasteiger partial charge on any atom is -0.469 e. The molecule has 0 saturated heterocycles. The van der Waals surface area contributed by atoms with Gasteiger partial charge < -0.3 is 20.7 Å². The van der Waals surface area contributed by atoms with E-state index < -0.39 is 12.0 Å². The summed E-state index contributed by atoms with van der Waals surface area (Å²) < 4.78 is 4.76. The molecule has 29 heavy (non-hydrogen) atoms. The van der Waals surface area contributed by atoms with E-state index in [0.29, 0.717) is 11.3 Å². The van der Waals surface area contributed by atoms with Crippen LogP contribution in [0.5, 0.6) is 0 Å². The van der Waals surface area contributed by atoms with Gasteiger partial charge >= 0.3 is 12.0 Å². The number of anilines is 1. The lowest BCUT2D eigenvalue weighted by Gasteiger charge is -2.19. The standard InChI is InChI=1S/C22H27N3O4/c1-14(2)23-22(28)24-18-7-5-6-17(12-18)21(27)25-19(13-20(26)29-4)16-10-8-15(3)9-11-16/h5-12,14,19H,13H2,1-4H3,(H,25,27)(H2,23,24,28). The van der Waals surface area contributed by atoms with Gasteiger partial charge in [-0.25, -0.2) is 4.79 Å². The molecule has 0 aliphatic heterocycles. The van der Waals surface area contributed by atoms with E-state index in [1.807, 2.05) is 45.0 Å². The highest BCUT2D eigenvalue weighted by Crippen LogP contribution is 2.20. The van der Waals surface area contributed by atoms with Crippen molar-refractivity contribution in [2.75, 3.05) is 12.4 Å². The van der Waals surface area contributed by atoms with Gasteiger partial charge in [-0.05, 0) is 44.5 Å². The van der Waals surface area contributed by atoms with Gasteiger partial charge in [-0.1, -0.05) is 35.9 Å². The summed E-state index contributed by atoms with van der Waals surface area (Å²) >= 11 is 0. The van der Waals surface area contributed by atoms with Gasteiger partial charge in [0.25, 0.3) is 5.91 Å². The van der Waals surface area contributed by atoms with Gasteiger partial charge in [0.1, 0.15) is 0 Å². The lowest BCUT2D eigenvalue weighted by atomic mass is 10.0. The number of amides is 3. The maximum atomic E-state index is 12.8. The molecule has 0 aliphatic rings. The van der Waals surface area contributed by atoms with Crippen molar-refractivity contribution in [3.63, 3.8) is 0 Å². The molecule has 3 N–H and O–H groups in total. The van der Waals surface area contributed by atoms with Crippen LogP contribution < -0.4 is 16.0 Å². The summed E-state index contributed by atoms with van der Waals surface area (Å²) in [5.74, 6) is -0.774. The van der Waals surface area contributed by atoms with Crippen molar-refractivity contribution in [2.45, 2.75) is 39.3 Å². The molecule has 2 aromatic carbocycles. The van der Waals surface area contributed by atoms with E-state index in [2.05, 4.69) is 16.0 Å². The Morgan fingerprint density at radius 2 is 1.69 bits per heavy atom. The maximum Gasteiger partial charge on any atom is 0.319 e. The quantitative estimate of drug-likeness (QED) is 0.623. The maximum absolute atomic E-state index is 12.8. The Bertz CT molecular complexity index is 863. The Balaban J connectivity index is 2.16. The SMILES string of the molecule is COC(=O)CC(NC(=O)c1cccc(NC(=O)NC(C)C)c1)c1ccc(C)cc1. The minimum absolute atomic E-state index is 0.00456. The zero-order valence-electron chi connectivity index (χ0n) is 17.1. The van der Waals surface area contributed by atoms with E-state index in [1.165, 1.54) is 7.11 Å². The smallest absolute Gasteiger partial charge is 0.319 e. The third-order valence-corrected chi connectivity index (χ3v) is 4.19. The molecule has 0 fully saturated rings. The number of benzene rings is 2. The highest BCUT2D eigenvalue weighted by Gasteiger charge is 2.20. The number of hydrogen-bond acceptors (Lipinski definition) is 4. The number of aryl methyl sites for hydroxylation is 1. The second kappa shape index (κ2) is 10.3. The molecule has 2 aromatic rings. The predicted octanol–water partition coefficient (Wildman–Crippen LogP) is 3.56. The molecule has 1 atom stereocenters. The van der Waals surface area contributed by atoms with Gasteiger partial charge in [0.2, 0.25) is 0 Å². The molecule has 0 aromatic heterocycles. The van der Waals surface area contributed by atoms with Crippen LogP contribution in [0.15, 0.2) is 48.5 Å². The summed E-state index contributed by atoms with van der Waals surface area (Å²) in [7, 11) is 1.31. The molecule has 3 amide bonds. The third-order valence-electron chi connectivity index (χ3n) is 4.19. The van der Waals surface area contributed by atoms with Crippen LogP contribution in [0.4, 0.5) is 10.5 Å². The number of rotatable bonds is 7. The molecule has 1 unspecified atom stereocenters.